The van der Waals surface area contributed by atoms with Crippen LogP contribution in [0.4, 0.5) is 5.95 Å². The number of aromatic nitrogens is 2. The highest BCUT2D eigenvalue weighted by atomic mass is 16.1. The van der Waals surface area contributed by atoms with E-state index < -0.39 is 0 Å². The maximum Gasteiger partial charge on any atom is 0.270 e. The largest absolute Gasteiger partial charge is 0.350 e. The first-order chi connectivity index (χ1) is 13.7. The summed E-state index contributed by atoms with van der Waals surface area (Å²) in [7, 11) is 0. The van der Waals surface area contributed by atoms with Crippen LogP contribution >= 0.6 is 0 Å². The molecule has 0 spiro atoms. The number of allylic oxidation sites excluding steroid dienone is 1. The van der Waals surface area contributed by atoms with Crippen molar-refractivity contribution in [2.24, 2.45) is 0 Å². The van der Waals surface area contributed by atoms with Crippen molar-refractivity contribution >= 4 is 11.9 Å². The summed E-state index contributed by atoms with van der Waals surface area (Å²) in [4.78, 5) is 23.8. The van der Waals surface area contributed by atoms with Crippen LogP contribution < -0.4 is 10.2 Å². The third-order valence-corrected chi connectivity index (χ3v) is 5.07. The number of aryl methyl sites for hydroxylation is 1. The second-order valence-electron chi connectivity index (χ2n) is 7.31. The van der Waals surface area contributed by atoms with Gasteiger partial charge in [-0.05, 0) is 57.6 Å². The topological polar surface area (TPSA) is 58.1 Å². The van der Waals surface area contributed by atoms with Crippen LogP contribution in [-0.4, -0.2) is 29.0 Å². The third-order valence-electron chi connectivity index (χ3n) is 5.07. The van der Waals surface area contributed by atoms with Crippen LogP contribution in [-0.2, 0) is 6.54 Å². The van der Waals surface area contributed by atoms with Crippen molar-refractivity contribution < 1.29 is 4.79 Å². The zero-order valence-electron chi connectivity index (χ0n) is 16.9. The predicted octanol–water partition coefficient (Wildman–Crippen LogP) is 4.43. The molecule has 0 radical (unpaired) electrons. The molecule has 2 aromatic rings. The van der Waals surface area contributed by atoms with Crippen LogP contribution in [0.25, 0.3) is 0 Å². The molecule has 0 unspecified atom stereocenters. The maximum absolute atomic E-state index is 12.6. The molecule has 1 amide bonds. The summed E-state index contributed by atoms with van der Waals surface area (Å²) in [5.41, 5.74) is 3.90. The fraction of sp³-hybridized carbons (Fsp3) is 0.435. The molecule has 0 fully saturated rings. The van der Waals surface area contributed by atoms with Gasteiger partial charge in [0.1, 0.15) is 5.69 Å². The Morgan fingerprint density at radius 2 is 2.00 bits per heavy atom. The number of rotatable bonds is 8. The van der Waals surface area contributed by atoms with Crippen LogP contribution in [0.5, 0.6) is 0 Å². The van der Waals surface area contributed by atoms with E-state index in [0.29, 0.717) is 18.2 Å². The molecule has 3 rings (SSSR count). The predicted molar refractivity (Wildman–Crippen MR) is 113 cm³/mol. The first-order valence-electron chi connectivity index (χ1n) is 10.3. The minimum Gasteiger partial charge on any atom is -0.350 e. The summed E-state index contributed by atoms with van der Waals surface area (Å²) in [6.45, 7) is 6.13. The Morgan fingerprint density at radius 1 is 1.18 bits per heavy atom. The van der Waals surface area contributed by atoms with Gasteiger partial charge in [-0.25, -0.2) is 9.97 Å². The summed E-state index contributed by atoms with van der Waals surface area (Å²) >= 11 is 0. The van der Waals surface area contributed by atoms with Crippen LogP contribution in [0.2, 0.25) is 0 Å². The van der Waals surface area contributed by atoms with E-state index in [0.717, 1.165) is 31.6 Å². The maximum atomic E-state index is 12.6. The van der Waals surface area contributed by atoms with Gasteiger partial charge < -0.3 is 10.2 Å². The number of carbonyl (C=O) groups excluding carboxylic acids is 1. The smallest absolute Gasteiger partial charge is 0.270 e. The molecule has 1 aromatic heterocycles. The van der Waals surface area contributed by atoms with Crippen molar-refractivity contribution in [1.82, 2.24) is 15.3 Å². The average molecular weight is 379 g/mol. The molecule has 0 saturated carbocycles. The molecule has 148 valence electrons. The van der Waals surface area contributed by atoms with Gasteiger partial charge in [-0.1, -0.05) is 42.0 Å². The monoisotopic (exact) mass is 378 g/mol. The van der Waals surface area contributed by atoms with Gasteiger partial charge in [0.15, 0.2) is 0 Å². The zero-order valence-corrected chi connectivity index (χ0v) is 16.9. The van der Waals surface area contributed by atoms with E-state index in [4.69, 9.17) is 0 Å². The van der Waals surface area contributed by atoms with Crippen molar-refractivity contribution in [3.8, 4) is 0 Å². The van der Waals surface area contributed by atoms with E-state index in [1.54, 1.807) is 6.07 Å². The van der Waals surface area contributed by atoms with Crippen LogP contribution in [0.1, 0.15) is 60.8 Å². The number of nitrogens with zero attached hydrogens (tertiary/aromatic N) is 3. The minimum absolute atomic E-state index is 0.126. The van der Waals surface area contributed by atoms with Crippen molar-refractivity contribution in [1.29, 1.82) is 0 Å². The number of hydrogen-bond donors (Lipinski definition) is 1. The molecular formula is C23H30N4O. The van der Waals surface area contributed by atoms with Crippen molar-refractivity contribution in [2.45, 2.75) is 52.5 Å². The molecule has 0 atom stereocenters. The average Bonchev–Trinajstić information content (AvgIpc) is 2.73. The molecule has 1 heterocycles. The minimum atomic E-state index is -0.126. The normalized spacial score (nSPS) is 13.7. The summed E-state index contributed by atoms with van der Waals surface area (Å²) in [6.07, 6.45) is 8.14. The molecule has 5 heteroatoms. The van der Waals surface area contributed by atoms with E-state index >= 15 is 0 Å². The van der Waals surface area contributed by atoms with Gasteiger partial charge in [-0.15, -0.1) is 0 Å². The SMILES string of the molecule is CCN(Cc1ccccc1)c1nc(C)cc(C(=O)NCCC2=CCCCC2)n1. The summed E-state index contributed by atoms with van der Waals surface area (Å²) in [6, 6.07) is 12.0. The summed E-state index contributed by atoms with van der Waals surface area (Å²) < 4.78 is 0. The van der Waals surface area contributed by atoms with E-state index in [9.17, 15) is 4.79 Å². The number of carbonyl (C=O) groups is 1. The van der Waals surface area contributed by atoms with Gasteiger partial charge in [-0.2, -0.15) is 0 Å². The van der Waals surface area contributed by atoms with Gasteiger partial charge in [0.2, 0.25) is 5.95 Å². The molecular weight excluding hydrogens is 348 g/mol. The highest BCUT2D eigenvalue weighted by Gasteiger charge is 2.15. The Balaban J connectivity index is 1.65. The fourth-order valence-electron chi connectivity index (χ4n) is 3.50. The van der Waals surface area contributed by atoms with Gasteiger partial charge >= 0.3 is 0 Å². The van der Waals surface area contributed by atoms with E-state index in [1.807, 2.05) is 25.1 Å². The lowest BCUT2D eigenvalue weighted by Gasteiger charge is -2.21. The number of anilines is 1. The molecule has 1 N–H and O–H groups in total. The lowest BCUT2D eigenvalue weighted by atomic mass is 9.97. The summed E-state index contributed by atoms with van der Waals surface area (Å²) in [5.74, 6) is 0.477. The second-order valence-corrected chi connectivity index (χ2v) is 7.31. The van der Waals surface area contributed by atoms with Crippen LogP contribution in [0.15, 0.2) is 48.0 Å². The Bertz CT molecular complexity index is 817. The van der Waals surface area contributed by atoms with E-state index in [-0.39, 0.29) is 5.91 Å². The lowest BCUT2D eigenvalue weighted by molar-refractivity contribution is 0.0949. The Labute approximate surface area is 167 Å². The van der Waals surface area contributed by atoms with Gasteiger partial charge in [0.25, 0.3) is 5.91 Å². The number of hydrogen-bond acceptors (Lipinski definition) is 4. The Kier molecular flexibility index (Phi) is 7.18. The highest BCUT2D eigenvalue weighted by molar-refractivity contribution is 5.92. The fourth-order valence-corrected chi connectivity index (χ4v) is 3.50. The molecule has 0 saturated heterocycles. The molecule has 28 heavy (non-hydrogen) atoms. The van der Waals surface area contributed by atoms with Gasteiger partial charge in [-0.3, -0.25) is 4.79 Å². The molecule has 1 aromatic carbocycles. The van der Waals surface area contributed by atoms with E-state index in [2.05, 4.69) is 45.3 Å². The van der Waals surface area contributed by atoms with Crippen molar-refractivity contribution in [2.75, 3.05) is 18.0 Å². The first-order valence-corrected chi connectivity index (χ1v) is 10.3. The molecule has 0 aliphatic heterocycles. The quantitative estimate of drug-likeness (QED) is 0.690. The molecule has 1 aliphatic carbocycles. The van der Waals surface area contributed by atoms with Gasteiger partial charge in [0.05, 0.1) is 0 Å². The molecule has 0 bridgehead atoms. The number of nitrogens with one attached hydrogen (secondary N) is 1. The lowest BCUT2D eigenvalue weighted by Crippen LogP contribution is -2.29. The number of benzene rings is 1. The van der Waals surface area contributed by atoms with Crippen molar-refractivity contribution in [3.05, 3.63) is 65.0 Å². The van der Waals surface area contributed by atoms with Crippen LogP contribution in [0, 0.1) is 6.92 Å². The Morgan fingerprint density at radius 3 is 2.71 bits per heavy atom. The summed E-state index contributed by atoms with van der Waals surface area (Å²) in [5, 5.41) is 3.02. The van der Waals surface area contributed by atoms with Gasteiger partial charge in [0, 0.05) is 25.3 Å². The third kappa shape index (κ3) is 5.65. The standard InChI is InChI=1S/C23H30N4O/c1-3-27(17-20-12-8-5-9-13-20)23-25-18(2)16-21(26-23)22(28)24-15-14-19-10-6-4-7-11-19/h5,8-10,12-13,16H,3-4,6-7,11,14-15,17H2,1-2H3,(H,24,28). The Hall–Kier alpha value is -2.69. The molecule has 5 nitrogen and oxygen atoms in total. The first kappa shape index (κ1) is 20.1. The highest BCUT2D eigenvalue weighted by Crippen LogP contribution is 2.19. The number of amides is 1. The second kappa shape index (κ2) is 10.0. The molecule has 1 aliphatic rings. The van der Waals surface area contributed by atoms with E-state index in [1.165, 1.54) is 30.4 Å². The zero-order chi connectivity index (χ0) is 19.8. The van der Waals surface area contributed by atoms with Crippen molar-refractivity contribution in [3.63, 3.8) is 0 Å². The van der Waals surface area contributed by atoms with Crippen LogP contribution in [0.3, 0.4) is 0 Å².